The average Bonchev–Trinajstić information content (AvgIpc) is 2.39. The van der Waals surface area contributed by atoms with Crippen LogP contribution in [0.15, 0.2) is 18.2 Å². The second-order valence-electron chi connectivity index (χ2n) is 5.06. The van der Waals surface area contributed by atoms with Gasteiger partial charge in [-0.2, -0.15) is 11.8 Å². The normalized spacial score (nSPS) is 30.7. The second kappa shape index (κ2) is 4.67. The van der Waals surface area contributed by atoms with E-state index in [4.69, 9.17) is 9.47 Å². The van der Waals surface area contributed by atoms with Crippen LogP contribution in [0.3, 0.4) is 0 Å². The van der Waals surface area contributed by atoms with Gasteiger partial charge >= 0.3 is 0 Å². The summed E-state index contributed by atoms with van der Waals surface area (Å²) in [6.45, 7) is 0. The van der Waals surface area contributed by atoms with Crippen molar-refractivity contribution in [1.82, 2.24) is 0 Å². The molecule has 3 rings (SSSR count). The summed E-state index contributed by atoms with van der Waals surface area (Å²) in [6.07, 6.45) is 2.47. The topological polar surface area (TPSA) is 38.7 Å². The average molecular weight is 266 g/mol. The first-order valence-electron chi connectivity index (χ1n) is 6.35. The lowest BCUT2D eigenvalue weighted by Gasteiger charge is -2.42. The van der Waals surface area contributed by atoms with Crippen molar-refractivity contribution >= 4 is 11.8 Å². The van der Waals surface area contributed by atoms with Gasteiger partial charge in [0.1, 0.15) is 17.1 Å². The molecule has 2 aliphatic heterocycles. The molecule has 2 heterocycles. The molecule has 2 aliphatic rings. The van der Waals surface area contributed by atoms with Crippen molar-refractivity contribution in [1.29, 1.82) is 0 Å². The first-order valence-corrected chi connectivity index (χ1v) is 7.51. The standard InChI is InChI=1S/C14H18O3S/c1-16-10-3-4-13-11(7-10)12(15)8-14(17-13)5-2-6-18-9-14/h3-4,7,12,15H,2,5-6,8-9H2,1H3/t12-,14?/m1/s1. The van der Waals surface area contributed by atoms with Gasteiger partial charge in [0.25, 0.3) is 0 Å². The molecule has 18 heavy (non-hydrogen) atoms. The van der Waals surface area contributed by atoms with E-state index in [9.17, 15) is 5.11 Å². The molecule has 1 saturated heterocycles. The van der Waals surface area contributed by atoms with E-state index in [0.29, 0.717) is 6.42 Å². The molecule has 1 fully saturated rings. The van der Waals surface area contributed by atoms with Crippen LogP contribution in [0.25, 0.3) is 0 Å². The maximum absolute atomic E-state index is 10.4. The fraction of sp³-hybridized carbons (Fsp3) is 0.571. The highest BCUT2D eigenvalue weighted by atomic mass is 32.2. The number of thioether (sulfide) groups is 1. The number of methoxy groups -OCH3 is 1. The van der Waals surface area contributed by atoms with Crippen molar-refractivity contribution in [2.45, 2.75) is 31.0 Å². The number of benzene rings is 1. The smallest absolute Gasteiger partial charge is 0.126 e. The monoisotopic (exact) mass is 266 g/mol. The zero-order valence-electron chi connectivity index (χ0n) is 10.5. The molecule has 0 aromatic heterocycles. The highest BCUT2D eigenvalue weighted by Gasteiger charge is 2.41. The predicted octanol–water partition coefficient (Wildman–Crippen LogP) is 2.78. The van der Waals surface area contributed by atoms with Crippen LogP contribution >= 0.6 is 11.8 Å². The fourth-order valence-electron chi connectivity index (χ4n) is 2.81. The number of aliphatic hydroxyl groups is 1. The number of hydrogen-bond donors (Lipinski definition) is 1. The van der Waals surface area contributed by atoms with Crippen LogP contribution in [0.5, 0.6) is 11.5 Å². The van der Waals surface area contributed by atoms with Gasteiger partial charge in [0.05, 0.1) is 13.2 Å². The van der Waals surface area contributed by atoms with Crippen molar-refractivity contribution < 1.29 is 14.6 Å². The zero-order chi connectivity index (χ0) is 12.6. The van der Waals surface area contributed by atoms with Gasteiger partial charge in [0, 0.05) is 17.7 Å². The quantitative estimate of drug-likeness (QED) is 0.848. The van der Waals surface area contributed by atoms with Gasteiger partial charge in [-0.3, -0.25) is 0 Å². The summed E-state index contributed by atoms with van der Waals surface area (Å²) < 4.78 is 11.4. The van der Waals surface area contributed by atoms with Crippen LogP contribution in [-0.4, -0.2) is 29.3 Å². The maximum atomic E-state index is 10.4. The molecule has 1 N–H and O–H groups in total. The molecule has 2 atom stereocenters. The molecule has 0 amide bonds. The van der Waals surface area contributed by atoms with Crippen LogP contribution in [0.4, 0.5) is 0 Å². The third-order valence-electron chi connectivity index (χ3n) is 3.75. The summed E-state index contributed by atoms with van der Waals surface area (Å²) in [4.78, 5) is 0. The lowest BCUT2D eigenvalue weighted by Crippen LogP contribution is -2.45. The van der Waals surface area contributed by atoms with E-state index in [1.165, 1.54) is 12.2 Å². The van der Waals surface area contributed by atoms with E-state index in [0.717, 1.165) is 29.2 Å². The number of aliphatic hydroxyl groups excluding tert-OH is 1. The molecule has 0 radical (unpaired) electrons. The van der Waals surface area contributed by atoms with E-state index in [1.54, 1.807) is 7.11 Å². The molecule has 4 heteroatoms. The lowest BCUT2D eigenvalue weighted by atomic mass is 9.86. The first kappa shape index (κ1) is 12.2. The maximum Gasteiger partial charge on any atom is 0.126 e. The van der Waals surface area contributed by atoms with E-state index < -0.39 is 6.10 Å². The van der Waals surface area contributed by atoms with Crippen LogP contribution in [0.1, 0.15) is 30.9 Å². The van der Waals surface area contributed by atoms with Crippen molar-refractivity contribution in [3.05, 3.63) is 23.8 Å². The number of rotatable bonds is 1. The molecule has 1 aromatic rings. The molecule has 1 unspecified atom stereocenters. The molecule has 1 spiro atoms. The van der Waals surface area contributed by atoms with Gasteiger partial charge < -0.3 is 14.6 Å². The highest BCUT2D eigenvalue weighted by Crippen LogP contribution is 2.45. The molecule has 0 bridgehead atoms. The van der Waals surface area contributed by atoms with E-state index >= 15 is 0 Å². The minimum atomic E-state index is -0.442. The Balaban J connectivity index is 1.92. The van der Waals surface area contributed by atoms with Crippen molar-refractivity contribution in [3.8, 4) is 11.5 Å². The Labute approximate surface area is 111 Å². The Morgan fingerprint density at radius 3 is 3.11 bits per heavy atom. The molecule has 98 valence electrons. The summed E-state index contributed by atoms with van der Waals surface area (Å²) >= 11 is 1.92. The molecular formula is C14H18O3S. The minimum absolute atomic E-state index is 0.163. The number of hydrogen-bond acceptors (Lipinski definition) is 4. The summed E-state index contributed by atoms with van der Waals surface area (Å²) in [5, 5.41) is 10.4. The SMILES string of the molecule is COc1ccc2c(c1)[C@H](O)CC1(CCCSC1)O2. The highest BCUT2D eigenvalue weighted by molar-refractivity contribution is 7.99. The zero-order valence-corrected chi connectivity index (χ0v) is 11.3. The van der Waals surface area contributed by atoms with Gasteiger partial charge in [-0.25, -0.2) is 0 Å². The van der Waals surface area contributed by atoms with Gasteiger partial charge in [0.2, 0.25) is 0 Å². The van der Waals surface area contributed by atoms with Crippen LogP contribution < -0.4 is 9.47 Å². The fourth-order valence-corrected chi connectivity index (χ4v) is 4.00. The van der Waals surface area contributed by atoms with E-state index in [2.05, 4.69) is 0 Å². The predicted molar refractivity (Wildman–Crippen MR) is 72.5 cm³/mol. The first-order chi connectivity index (χ1) is 8.72. The number of ether oxygens (including phenoxy) is 2. The van der Waals surface area contributed by atoms with E-state index in [-0.39, 0.29) is 5.60 Å². The lowest BCUT2D eigenvalue weighted by molar-refractivity contribution is -0.00568. The Hall–Kier alpha value is -0.870. The van der Waals surface area contributed by atoms with Gasteiger partial charge in [-0.05, 0) is 36.8 Å². The summed E-state index contributed by atoms with van der Waals surface area (Å²) in [6, 6.07) is 5.68. The van der Waals surface area contributed by atoms with Crippen LogP contribution in [-0.2, 0) is 0 Å². The third kappa shape index (κ3) is 2.08. The molecule has 0 aliphatic carbocycles. The van der Waals surface area contributed by atoms with Crippen molar-refractivity contribution in [3.63, 3.8) is 0 Å². The van der Waals surface area contributed by atoms with Crippen LogP contribution in [0.2, 0.25) is 0 Å². The molecule has 1 aromatic carbocycles. The third-order valence-corrected chi connectivity index (χ3v) is 5.06. The Morgan fingerprint density at radius 1 is 1.50 bits per heavy atom. The number of fused-ring (bicyclic) bond motifs is 1. The van der Waals surface area contributed by atoms with Crippen LogP contribution in [0, 0.1) is 0 Å². The van der Waals surface area contributed by atoms with Gasteiger partial charge in [-0.15, -0.1) is 0 Å². The summed E-state index contributed by atoms with van der Waals surface area (Å²) in [5.41, 5.74) is 0.694. The van der Waals surface area contributed by atoms with Crippen molar-refractivity contribution in [2.75, 3.05) is 18.6 Å². The Kier molecular flexibility index (Phi) is 3.16. The van der Waals surface area contributed by atoms with Gasteiger partial charge in [0.15, 0.2) is 0 Å². The molecule has 0 saturated carbocycles. The van der Waals surface area contributed by atoms with Crippen molar-refractivity contribution in [2.24, 2.45) is 0 Å². The van der Waals surface area contributed by atoms with Gasteiger partial charge in [-0.1, -0.05) is 0 Å². The molecular weight excluding hydrogens is 248 g/mol. The second-order valence-corrected chi connectivity index (χ2v) is 6.17. The largest absolute Gasteiger partial charge is 0.497 e. The Morgan fingerprint density at radius 2 is 2.39 bits per heavy atom. The Bertz CT molecular complexity index is 441. The summed E-state index contributed by atoms with van der Waals surface area (Å²) in [5.74, 6) is 3.77. The molecule has 3 nitrogen and oxygen atoms in total. The van der Waals surface area contributed by atoms with E-state index in [1.807, 2.05) is 30.0 Å². The minimum Gasteiger partial charge on any atom is -0.497 e. The summed E-state index contributed by atoms with van der Waals surface area (Å²) in [7, 11) is 1.64.